The number of rotatable bonds is 3. The second kappa shape index (κ2) is 8.00. The highest BCUT2D eigenvalue weighted by atomic mass is 35.5. The van der Waals surface area contributed by atoms with Gasteiger partial charge in [0.1, 0.15) is 6.04 Å². The van der Waals surface area contributed by atoms with Gasteiger partial charge in [-0.3, -0.25) is 9.59 Å². The topological polar surface area (TPSA) is 75.4 Å². The normalized spacial score (nSPS) is 17.8. The van der Waals surface area contributed by atoms with E-state index >= 15 is 0 Å². The molecule has 116 valence electrons. The van der Waals surface area contributed by atoms with Crippen molar-refractivity contribution in [3.05, 3.63) is 35.4 Å². The molecule has 1 aliphatic heterocycles. The lowest BCUT2D eigenvalue weighted by Crippen LogP contribution is -2.51. The quantitative estimate of drug-likeness (QED) is 0.883. The lowest BCUT2D eigenvalue weighted by atomic mass is 10.00. The number of nitrogens with zero attached hydrogens (tertiary/aromatic N) is 1. The summed E-state index contributed by atoms with van der Waals surface area (Å²) >= 11 is 0. The molecule has 1 atom stereocenters. The Bertz CT molecular complexity index is 490. The van der Waals surface area contributed by atoms with Crippen molar-refractivity contribution in [2.75, 3.05) is 13.6 Å². The zero-order chi connectivity index (χ0) is 14.5. The van der Waals surface area contributed by atoms with Gasteiger partial charge in [0, 0.05) is 25.7 Å². The molecule has 1 aromatic carbocycles. The summed E-state index contributed by atoms with van der Waals surface area (Å²) in [6, 6.07) is 6.91. The number of carbonyl (C=O) groups excluding carboxylic acids is 2. The minimum absolute atomic E-state index is 0. The minimum Gasteiger partial charge on any atom is -0.357 e. The van der Waals surface area contributed by atoms with Crippen molar-refractivity contribution in [1.82, 2.24) is 10.2 Å². The van der Waals surface area contributed by atoms with Crippen LogP contribution in [0.5, 0.6) is 0 Å². The van der Waals surface area contributed by atoms with E-state index in [4.69, 9.17) is 5.73 Å². The fourth-order valence-electron chi connectivity index (χ4n) is 2.56. The summed E-state index contributed by atoms with van der Waals surface area (Å²) in [7, 11) is 1.61. The number of carbonyl (C=O) groups is 2. The predicted octanol–water partition coefficient (Wildman–Crippen LogP) is 1.31. The second-order valence-corrected chi connectivity index (χ2v) is 5.03. The van der Waals surface area contributed by atoms with Crippen LogP contribution >= 0.6 is 12.4 Å². The number of likely N-dealkylation sites (tertiary alicyclic amines) is 1. The molecule has 5 nitrogen and oxygen atoms in total. The van der Waals surface area contributed by atoms with Crippen LogP contribution in [0.2, 0.25) is 0 Å². The average molecular weight is 312 g/mol. The highest BCUT2D eigenvalue weighted by molar-refractivity contribution is 5.97. The van der Waals surface area contributed by atoms with Gasteiger partial charge in [-0.25, -0.2) is 0 Å². The highest BCUT2D eigenvalue weighted by Gasteiger charge is 2.31. The molecule has 0 radical (unpaired) electrons. The summed E-state index contributed by atoms with van der Waals surface area (Å²) in [5.74, 6) is -0.168. The molecule has 0 aliphatic carbocycles. The third kappa shape index (κ3) is 3.95. The number of hydrogen-bond donors (Lipinski definition) is 2. The van der Waals surface area contributed by atoms with Crippen LogP contribution in [0.15, 0.2) is 24.3 Å². The maximum atomic E-state index is 12.5. The van der Waals surface area contributed by atoms with Crippen molar-refractivity contribution >= 4 is 24.2 Å². The average Bonchev–Trinajstić information content (AvgIpc) is 2.53. The molecule has 1 saturated heterocycles. The van der Waals surface area contributed by atoms with E-state index in [-0.39, 0.29) is 30.3 Å². The lowest BCUT2D eigenvalue weighted by molar-refractivity contribution is -0.126. The molecule has 0 saturated carbocycles. The van der Waals surface area contributed by atoms with Gasteiger partial charge in [-0.15, -0.1) is 12.4 Å². The maximum Gasteiger partial charge on any atom is 0.254 e. The van der Waals surface area contributed by atoms with Gasteiger partial charge < -0.3 is 16.0 Å². The van der Waals surface area contributed by atoms with E-state index in [1.807, 2.05) is 12.1 Å². The number of nitrogens with one attached hydrogen (secondary N) is 1. The van der Waals surface area contributed by atoms with E-state index in [1.54, 1.807) is 24.1 Å². The third-order valence-electron chi connectivity index (χ3n) is 3.75. The van der Waals surface area contributed by atoms with Crippen LogP contribution in [0.4, 0.5) is 0 Å². The van der Waals surface area contributed by atoms with Gasteiger partial charge in [0.25, 0.3) is 5.91 Å². The number of amides is 2. The summed E-state index contributed by atoms with van der Waals surface area (Å²) in [6.45, 7) is 1.09. The van der Waals surface area contributed by atoms with Gasteiger partial charge >= 0.3 is 0 Å². The molecule has 2 amide bonds. The lowest BCUT2D eigenvalue weighted by Gasteiger charge is -2.34. The maximum absolute atomic E-state index is 12.5. The Hall–Kier alpha value is -1.59. The first-order valence-electron chi connectivity index (χ1n) is 6.99. The van der Waals surface area contributed by atoms with Crippen molar-refractivity contribution in [2.45, 2.75) is 31.8 Å². The first-order valence-corrected chi connectivity index (χ1v) is 6.99. The summed E-state index contributed by atoms with van der Waals surface area (Å²) < 4.78 is 0. The molecule has 1 aromatic rings. The van der Waals surface area contributed by atoms with Crippen LogP contribution in [0, 0.1) is 0 Å². The van der Waals surface area contributed by atoms with Crippen molar-refractivity contribution < 1.29 is 9.59 Å². The summed E-state index contributed by atoms with van der Waals surface area (Å²) in [6.07, 6.45) is 2.65. The first-order chi connectivity index (χ1) is 9.67. The van der Waals surface area contributed by atoms with E-state index < -0.39 is 0 Å². The second-order valence-electron chi connectivity index (χ2n) is 5.03. The van der Waals surface area contributed by atoms with E-state index in [2.05, 4.69) is 5.32 Å². The number of piperidine rings is 1. The molecule has 0 bridgehead atoms. The molecule has 2 rings (SSSR count). The number of halogens is 1. The van der Waals surface area contributed by atoms with E-state index in [0.717, 1.165) is 24.8 Å². The van der Waals surface area contributed by atoms with Crippen LogP contribution < -0.4 is 11.1 Å². The molecule has 1 fully saturated rings. The number of nitrogens with two attached hydrogens (primary N) is 1. The van der Waals surface area contributed by atoms with Gasteiger partial charge in [-0.2, -0.15) is 0 Å². The third-order valence-corrected chi connectivity index (χ3v) is 3.75. The largest absolute Gasteiger partial charge is 0.357 e. The van der Waals surface area contributed by atoms with E-state index in [0.29, 0.717) is 18.7 Å². The number of benzene rings is 1. The minimum atomic E-state index is -0.351. The van der Waals surface area contributed by atoms with Crippen molar-refractivity contribution in [2.24, 2.45) is 5.73 Å². The zero-order valence-corrected chi connectivity index (χ0v) is 13.0. The van der Waals surface area contributed by atoms with Gasteiger partial charge in [0.2, 0.25) is 5.91 Å². The smallest absolute Gasteiger partial charge is 0.254 e. The zero-order valence-electron chi connectivity index (χ0n) is 12.2. The molecule has 3 N–H and O–H groups in total. The van der Waals surface area contributed by atoms with Crippen molar-refractivity contribution in [1.29, 1.82) is 0 Å². The van der Waals surface area contributed by atoms with Crippen molar-refractivity contribution in [3.8, 4) is 0 Å². The van der Waals surface area contributed by atoms with Crippen LogP contribution in [-0.4, -0.2) is 36.3 Å². The Morgan fingerprint density at radius 1 is 1.29 bits per heavy atom. The summed E-state index contributed by atoms with van der Waals surface area (Å²) in [4.78, 5) is 26.1. The molecule has 0 aromatic heterocycles. The molecule has 1 heterocycles. The van der Waals surface area contributed by atoms with Gasteiger partial charge in [0.15, 0.2) is 0 Å². The molecule has 1 unspecified atom stereocenters. The molecular formula is C15H22ClN3O2. The summed E-state index contributed by atoms with van der Waals surface area (Å²) in [5.41, 5.74) is 7.15. The van der Waals surface area contributed by atoms with Crippen LogP contribution in [0.3, 0.4) is 0 Å². The van der Waals surface area contributed by atoms with E-state index in [1.165, 1.54) is 0 Å². The monoisotopic (exact) mass is 311 g/mol. The molecule has 0 spiro atoms. The highest BCUT2D eigenvalue weighted by Crippen LogP contribution is 2.20. The Morgan fingerprint density at radius 2 is 1.95 bits per heavy atom. The van der Waals surface area contributed by atoms with Crippen molar-refractivity contribution in [3.63, 3.8) is 0 Å². The Morgan fingerprint density at radius 3 is 2.52 bits per heavy atom. The number of hydrogen-bond acceptors (Lipinski definition) is 3. The Balaban J connectivity index is 0.00000220. The summed E-state index contributed by atoms with van der Waals surface area (Å²) in [5, 5.41) is 2.64. The SMILES string of the molecule is CNC(=O)C1CCCCN1C(=O)c1ccc(CN)cc1.Cl. The standard InChI is InChI=1S/C15H21N3O2.ClH/c1-17-14(19)13-4-2-3-9-18(13)15(20)12-7-5-11(10-16)6-8-12;/h5-8,13H,2-4,9-10,16H2,1H3,(H,17,19);1H. The van der Waals surface area contributed by atoms with Crippen LogP contribution in [-0.2, 0) is 11.3 Å². The fraction of sp³-hybridized carbons (Fsp3) is 0.467. The predicted molar refractivity (Wildman–Crippen MR) is 84.3 cm³/mol. The number of likely N-dealkylation sites (N-methyl/N-ethyl adjacent to an activating group) is 1. The molecule has 1 aliphatic rings. The van der Waals surface area contributed by atoms with Gasteiger partial charge in [-0.05, 0) is 37.0 Å². The first kappa shape index (κ1) is 17.5. The van der Waals surface area contributed by atoms with Gasteiger partial charge in [0.05, 0.1) is 0 Å². The Labute approximate surface area is 131 Å². The fourth-order valence-corrected chi connectivity index (χ4v) is 2.56. The van der Waals surface area contributed by atoms with Crippen LogP contribution in [0.1, 0.15) is 35.2 Å². The Kier molecular flexibility index (Phi) is 6.65. The molecule has 6 heteroatoms. The van der Waals surface area contributed by atoms with E-state index in [9.17, 15) is 9.59 Å². The van der Waals surface area contributed by atoms with Gasteiger partial charge in [-0.1, -0.05) is 12.1 Å². The molecule has 21 heavy (non-hydrogen) atoms. The van der Waals surface area contributed by atoms with Crippen LogP contribution in [0.25, 0.3) is 0 Å². The molecular weight excluding hydrogens is 290 g/mol.